The van der Waals surface area contributed by atoms with Crippen LogP contribution >= 0.6 is 27.3 Å². The van der Waals surface area contributed by atoms with Crippen LogP contribution in [0.25, 0.3) is 0 Å². The van der Waals surface area contributed by atoms with E-state index in [0.29, 0.717) is 18.1 Å². The third-order valence-corrected chi connectivity index (χ3v) is 4.45. The summed E-state index contributed by atoms with van der Waals surface area (Å²) >= 11 is 5.03. The molecule has 0 atom stereocenters. The van der Waals surface area contributed by atoms with Crippen molar-refractivity contribution in [1.82, 2.24) is 14.9 Å². The van der Waals surface area contributed by atoms with Crippen LogP contribution in [0, 0.1) is 0 Å². The normalized spacial score (nSPS) is 10.4. The van der Waals surface area contributed by atoms with Crippen molar-refractivity contribution >= 4 is 39.0 Å². The molecule has 0 saturated carbocycles. The predicted octanol–water partition coefficient (Wildman–Crippen LogP) is 3.39. The van der Waals surface area contributed by atoms with Crippen LogP contribution in [0.5, 0.6) is 0 Å². The predicted molar refractivity (Wildman–Crippen MR) is 88.6 cm³/mol. The maximum Gasteiger partial charge on any atom is 0.274 e. The van der Waals surface area contributed by atoms with Gasteiger partial charge in [0.15, 0.2) is 0 Å². The van der Waals surface area contributed by atoms with Crippen molar-refractivity contribution in [1.29, 1.82) is 0 Å². The van der Waals surface area contributed by atoms with E-state index in [2.05, 4.69) is 38.1 Å². The molecule has 0 radical (unpaired) electrons. The summed E-state index contributed by atoms with van der Waals surface area (Å²) < 4.78 is 1.04. The largest absolute Gasteiger partial charge is 0.369 e. The monoisotopic (exact) mass is 368 g/mol. The number of thiophene rings is 1. The molecule has 112 valence electrons. The molecule has 0 aromatic carbocycles. The van der Waals surface area contributed by atoms with Gasteiger partial charge in [-0.05, 0) is 28.4 Å². The Hall–Kier alpha value is -1.47. The first-order chi connectivity index (χ1) is 10.1. The Balaban J connectivity index is 2.04. The van der Waals surface area contributed by atoms with Gasteiger partial charge >= 0.3 is 0 Å². The molecule has 0 bridgehead atoms. The maximum absolute atomic E-state index is 12.4. The van der Waals surface area contributed by atoms with E-state index in [1.165, 1.54) is 6.20 Å². The lowest BCUT2D eigenvalue weighted by Gasteiger charge is -2.16. The molecule has 1 N–H and O–H groups in total. The van der Waals surface area contributed by atoms with Crippen molar-refractivity contribution in [2.75, 3.05) is 18.9 Å². The molecule has 0 aliphatic rings. The van der Waals surface area contributed by atoms with Crippen LogP contribution < -0.4 is 5.32 Å². The molecule has 2 aromatic rings. The second-order valence-corrected chi connectivity index (χ2v) is 6.52. The smallest absolute Gasteiger partial charge is 0.274 e. The van der Waals surface area contributed by atoms with Crippen molar-refractivity contribution in [3.8, 4) is 0 Å². The molecule has 0 aliphatic heterocycles. The average Bonchev–Trinajstić information content (AvgIpc) is 2.89. The Morgan fingerprint density at radius 2 is 2.29 bits per heavy atom. The van der Waals surface area contributed by atoms with Crippen LogP contribution in [0.4, 0.5) is 5.82 Å². The summed E-state index contributed by atoms with van der Waals surface area (Å²) in [5.41, 5.74) is 0.356. The highest BCUT2D eigenvalue weighted by Gasteiger charge is 2.15. The SMILES string of the molecule is CCCNc1cncc(C(=O)N(C)Cc2cc(Br)cs2)n1. The van der Waals surface area contributed by atoms with Gasteiger partial charge in [0.2, 0.25) is 0 Å². The Bertz CT molecular complexity index is 617. The third-order valence-electron chi connectivity index (χ3n) is 2.77. The zero-order chi connectivity index (χ0) is 15.2. The Labute approximate surface area is 136 Å². The number of rotatable bonds is 6. The average molecular weight is 369 g/mol. The van der Waals surface area contributed by atoms with Gasteiger partial charge in [-0.25, -0.2) is 4.98 Å². The van der Waals surface area contributed by atoms with Gasteiger partial charge in [-0.3, -0.25) is 9.78 Å². The maximum atomic E-state index is 12.4. The van der Waals surface area contributed by atoms with Crippen molar-refractivity contribution in [2.45, 2.75) is 19.9 Å². The van der Waals surface area contributed by atoms with E-state index in [-0.39, 0.29) is 5.91 Å². The first-order valence-corrected chi connectivity index (χ1v) is 8.31. The number of halogens is 1. The Morgan fingerprint density at radius 3 is 2.95 bits per heavy atom. The lowest BCUT2D eigenvalue weighted by Crippen LogP contribution is -2.27. The van der Waals surface area contributed by atoms with Gasteiger partial charge in [0.05, 0.1) is 18.9 Å². The molecule has 1 amide bonds. The summed E-state index contributed by atoms with van der Waals surface area (Å²) in [5.74, 6) is 0.502. The molecule has 0 spiro atoms. The molecule has 0 fully saturated rings. The number of carbonyl (C=O) groups excluding carboxylic acids is 1. The van der Waals surface area contributed by atoms with Crippen LogP contribution in [0.15, 0.2) is 28.3 Å². The van der Waals surface area contributed by atoms with Crippen LogP contribution in [-0.4, -0.2) is 34.4 Å². The molecule has 0 aliphatic carbocycles. The van der Waals surface area contributed by atoms with E-state index in [1.54, 1.807) is 29.5 Å². The van der Waals surface area contributed by atoms with Gasteiger partial charge in [-0.15, -0.1) is 11.3 Å². The number of nitrogens with zero attached hydrogens (tertiary/aromatic N) is 3. The lowest BCUT2D eigenvalue weighted by atomic mass is 10.3. The zero-order valence-electron chi connectivity index (χ0n) is 12.0. The number of hydrogen-bond donors (Lipinski definition) is 1. The third kappa shape index (κ3) is 4.50. The van der Waals surface area contributed by atoms with Gasteiger partial charge in [0, 0.05) is 28.3 Å². The number of hydrogen-bond acceptors (Lipinski definition) is 5. The number of amides is 1. The Morgan fingerprint density at radius 1 is 1.48 bits per heavy atom. The molecular weight excluding hydrogens is 352 g/mol. The Kier molecular flexibility index (Phi) is 5.69. The number of carbonyl (C=O) groups is 1. The first-order valence-electron chi connectivity index (χ1n) is 6.64. The lowest BCUT2D eigenvalue weighted by molar-refractivity contribution is 0.0780. The molecule has 0 unspecified atom stereocenters. The van der Waals surface area contributed by atoms with E-state index < -0.39 is 0 Å². The van der Waals surface area contributed by atoms with Gasteiger partial charge in [0.25, 0.3) is 5.91 Å². The van der Waals surface area contributed by atoms with Crippen molar-refractivity contribution in [3.05, 3.63) is 38.9 Å². The number of nitrogens with one attached hydrogen (secondary N) is 1. The fraction of sp³-hybridized carbons (Fsp3) is 0.357. The summed E-state index contributed by atoms with van der Waals surface area (Å²) in [4.78, 5) is 23.5. The first kappa shape index (κ1) is 15.9. The molecule has 5 nitrogen and oxygen atoms in total. The quantitative estimate of drug-likeness (QED) is 0.848. The summed E-state index contributed by atoms with van der Waals surface area (Å²) in [6.45, 7) is 3.44. The molecule has 21 heavy (non-hydrogen) atoms. The number of aromatic nitrogens is 2. The summed E-state index contributed by atoms with van der Waals surface area (Å²) in [6.07, 6.45) is 4.12. The standard InChI is InChI=1S/C14H17BrN4OS/c1-3-4-17-13-7-16-6-12(18-13)14(20)19(2)8-11-5-10(15)9-21-11/h5-7,9H,3-4,8H2,1-2H3,(H,17,18). The highest BCUT2D eigenvalue weighted by molar-refractivity contribution is 9.10. The van der Waals surface area contributed by atoms with E-state index in [9.17, 15) is 4.79 Å². The van der Waals surface area contributed by atoms with E-state index in [1.807, 2.05) is 11.4 Å². The van der Waals surface area contributed by atoms with Crippen LogP contribution in [0.2, 0.25) is 0 Å². The minimum Gasteiger partial charge on any atom is -0.369 e. The molecule has 0 saturated heterocycles. The molecule has 2 heterocycles. The van der Waals surface area contributed by atoms with Crippen LogP contribution in [0.1, 0.15) is 28.7 Å². The fourth-order valence-corrected chi connectivity index (χ4v) is 3.25. The highest BCUT2D eigenvalue weighted by atomic mass is 79.9. The number of anilines is 1. The van der Waals surface area contributed by atoms with Crippen molar-refractivity contribution in [3.63, 3.8) is 0 Å². The van der Waals surface area contributed by atoms with Gasteiger partial charge in [-0.2, -0.15) is 0 Å². The minimum atomic E-state index is -0.132. The van der Waals surface area contributed by atoms with E-state index >= 15 is 0 Å². The summed E-state index contributed by atoms with van der Waals surface area (Å²) in [7, 11) is 1.77. The van der Waals surface area contributed by atoms with Crippen LogP contribution in [-0.2, 0) is 6.54 Å². The van der Waals surface area contributed by atoms with Gasteiger partial charge in [-0.1, -0.05) is 6.92 Å². The van der Waals surface area contributed by atoms with Crippen molar-refractivity contribution in [2.24, 2.45) is 0 Å². The fourth-order valence-electron chi connectivity index (χ4n) is 1.75. The van der Waals surface area contributed by atoms with E-state index in [0.717, 1.165) is 22.3 Å². The molecule has 7 heteroatoms. The second-order valence-electron chi connectivity index (χ2n) is 4.61. The summed E-state index contributed by atoms with van der Waals surface area (Å²) in [5, 5.41) is 5.14. The summed E-state index contributed by atoms with van der Waals surface area (Å²) in [6, 6.07) is 2.01. The van der Waals surface area contributed by atoms with E-state index in [4.69, 9.17) is 0 Å². The van der Waals surface area contributed by atoms with Crippen LogP contribution in [0.3, 0.4) is 0 Å². The molecule has 2 rings (SSSR count). The highest BCUT2D eigenvalue weighted by Crippen LogP contribution is 2.21. The second kappa shape index (κ2) is 7.51. The topological polar surface area (TPSA) is 58.1 Å². The van der Waals surface area contributed by atoms with Gasteiger partial charge in [0.1, 0.15) is 11.5 Å². The molecular formula is C14H17BrN4OS. The van der Waals surface area contributed by atoms with Gasteiger partial charge < -0.3 is 10.2 Å². The molecule has 2 aromatic heterocycles. The zero-order valence-corrected chi connectivity index (χ0v) is 14.4. The minimum absolute atomic E-state index is 0.132. The van der Waals surface area contributed by atoms with Crippen molar-refractivity contribution < 1.29 is 4.79 Å².